The minimum absolute atomic E-state index is 0.130. The van der Waals surface area contributed by atoms with Crippen molar-refractivity contribution >= 4 is 16.8 Å². The molecule has 1 aromatic carbocycles. The predicted octanol–water partition coefficient (Wildman–Crippen LogP) is 2.36. The van der Waals surface area contributed by atoms with Crippen molar-refractivity contribution in [3.05, 3.63) is 35.8 Å². The van der Waals surface area contributed by atoms with Gasteiger partial charge in [-0.05, 0) is 44.7 Å². The number of rotatable bonds is 2. The maximum atomic E-state index is 13.3. The minimum atomic E-state index is -0.633. The van der Waals surface area contributed by atoms with Gasteiger partial charge in [-0.15, -0.1) is 0 Å². The highest BCUT2D eigenvalue weighted by molar-refractivity contribution is 5.94. The Kier molecular flexibility index (Phi) is 3.68. The lowest BCUT2D eigenvalue weighted by Gasteiger charge is -2.37. The maximum Gasteiger partial charge on any atom is 0.232 e. The van der Waals surface area contributed by atoms with Crippen molar-refractivity contribution in [2.24, 2.45) is 0 Å². The molecule has 0 unspecified atom stereocenters. The van der Waals surface area contributed by atoms with Crippen LogP contribution in [0.3, 0.4) is 0 Å². The van der Waals surface area contributed by atoms with Crippen LogP contribution in [0.4, 0.5) is 4.39 Å². The molecule has 1 aliphatic heterocycles. The number of halogens is 1. The molecule has 0 aliphatic carbocycles. The Hall–Kier alpha value is -1.88. The highest BCUT2D eigenvalue weighted by Crippen LogP contribution is 2.32. The van der Waals surface area contributed by atoms with Gasteiger partial charge in [-0.2, -0.15) is 0 Å². The third-order valence-electron chi connectivity index (χ3n) is 4.64. The molecule has 22 heavy (non-hydrogen) atoms. The molecule has 1 amide bonds. The molecular formula is C17H22FN3O. The van der Waals surface area contributed by atoms with Crippen molar-refractivity contribution in [1.29, 1.82) is 0 Å². The first-order valence-corrected chi connectivity index (χ1v) is 7.64. The van der Waals surface area contributed by atoms with Crippen LogP contribution in [0.2, 0.25) is 0 Å². The van der Waals surface area contributed by atoms with E-state index in [4.69, 9.17) is 0 Å². The van der Waals surface area contributed by atoms with E-state index in [9.17, 15) is 9.18 Å². The SMILES string of the molecule is CN1CCN(C(=O)C(C)(C)c2c[nH]c3cc(F)ccc23)CC1. The Balaban J connectivity index is 1.92. The van der Waals surface area contributed by atoms with Crippen molar-refractivity contribution in [3.8, 4) is 0 Å². The number of carbonyl (C=O) groups excluding carboxylic acids is 1. The summed E-state index contributed by atoms with van der Waals surface area (Å²) in [6.07, 6.45) is 1.83. The zero-order chi connectivity index (χ0) is 15.9. The number of aromatic nitrogens is 1. The Bertz CT molecular complexity index is 699. The molecule has 1 aliphatic rings. The van der Waals surface area contributed by atoms with E-state index in [1.165, 1.54) is 12.1 Å². The van der Waals surface area contributed by atoms with Gasteiger partial charge < -0.3 is 14.8 Å². The van der Waals surface area contributed by atoms with Gasteiger partial charge in [0.2, 0.25) is 5.91 Å². The summed E-state index contributed by atoms with van der Waals surface area (Å²) >= 11 is 0. The summed E-state index contributed by atoms with van der Waals surface area (Å²) in [5.74, 6) is -0.144. The standard InChI is InChI=1S/C17H22FN3O/c1-17(2,16(22)21-8-6-20(3)7-9-21)14-11-19-15-10-12(18)4-5-13(14)15/h4-5,10-11,19H,6-9H2,1-3H3. The number of benzene rings is 1. The van der Waals surface area contributed by atoms with E-state index in [0.29, 0.717) is 0 Å². The fraction of sp³-hybridized carbons (Fsp3) is 0.471. The van der Waals surface area contributed by atoms with Crippen molar-refractivity contribution in [2.75, 3.05) is 33.2 Å². The van der Waals surface area contributed by atoms with E-state index in [-0.39, 0.29) is 11.7 Å². The molecule has 1 aromatic heterocycles. The zero-order valence-electron chi connectivity index (χ0n) is 13.3. The van der Waals surface area contributed by atoms with E-state index >= 15 is 0 Å². The second-order valence-corrected chi connectivity index (χ2v) is 6.61. The molecule has 1 saturated heterocycles. The van der Waals surface area contributed by atoms with Gasteiger partial charge in [0, 0.05) is 43.3 Å². The highest BCUT2D eigenvalue weighted by Gasteiger charge is 2.36. The summed E-state index contributed by atoms with van der Waals surface area (Å²) in [5.41, 5.74) is 1.02. The van der Waals surface area contributed by atoms with Gasteiger partial charge in [-0.1, -0.05) is 0 Å². The van der Waals surface area contributed by atoms with E-state index < -0.39 is 5.41 Å². The lowest BCUT2D eigenvalue weighted by molar-refractivity contribution is -0.137. The molecule has 0 saturated carbocycles. The van der Waals surface area contributed by atoms with Gasteiger partial charge in [0.15, 0.2) is 0 Å². The molecule has 5 heteroatoms. The van der Waals surface area contributed by atoms with Crippen LogP contribution < -0.4 is 0 Å². The van der Waals surface area contributed by atoms with Crippen LogP contribution in [-0.2, 0) is 10.2 Å². The average molecular weight is 303 g/mol. The van der Waals surface area contributed by atoms with Crippen molar-refractivity contribution in [3.63, 3.8) is 0 Å². The van der Waals surface area contributed by atoms with Gasteiger partial charge in [0.25, 0.3) is 0 Å². The van der Waals surface area contributed by atoms with Crippen LogP contribution in [0.25, 0.3) is 10.9 Å². The number of fused-ring (bicyclic) bond motifs is 1. The Morgan fingerprint density at radius 2 is 1.91 bits per heavy atom. The van der Waals surface area contributed by atoms with Crippen LogP contribution in [0.1, 0.15) is 19.4 Å². The van der Waals surface area contributed by atoms with Crippen LogP contribution in [0, 0.1) is 5.82 Å². The van der Waals surface area contributed by atoms with Gasteiger partial charge >= 0.3 is 0 Å². The van der Waals surface area contributed by atoms with Crippen LogP contribution in [-0.4, -0.2) is 53.9 Å². The molecule has 0 radical (unpaired) electrons. The van der Waals surface area contributed by atoms with Crippen molar-refractivity contribution in [2.45, 2.75) is 19.3 Å². The summed E-state index contributed by atoms with van der Waals surface area (Å²) in [7, 11) is 2.07. The number of amides is 1. The first-order valence-electron chi connectivity index (χ1n) is 7.64. The second kappa shape index (κ2) is 5.39. The summed E-state index contributed by atoms with van der Waals surface area (Å²) in [6.45, 7) is 7.21. The van der Waals surface area contributed by atoms with Crippen LogP contribution >= 0.6 is 0 Å². The average Bonchev–Trinajstić information content (AvgIpc) is 2.91. The number of likely N-dealkylation sites (N-methyl/N-ethyl adjacent to an activating group) is 1. The van der Waals surface area contributed by atoms with Crippen molar-refractivity contribution < 1.29 is 9.18 Å². The summed E-state index contributed by atoms with van der Waals surface area (Å²) in [4.78, 5) is 20.2. The minimum Gasteiger partial charge on any atom is -0.361 e. The van der Waals surface area contributed by atoms with Gasteiger partial charge in [0.1, 0.15) is 5.82 Å². The number of piperazine rings is 1. The molecule has 3 rings (SSSR count). The molecule has 4 nitrogen and oxygen atoms in total. The predicted molar refractivity (Wildman–Crippen MR) is 85.4 cm³/mol. The number of aromatic amines is 1. The number of nitrogens with one attached hydrogen (secondary N) is 1. The zero-order valence-corrected chi connectivity index (χ0v) is 13.3. The first kappa shape index (κ1) is 15.0. The van der Waals surface area contributed by atoms with E-state index in [0.717, 1.165) is 42.6 Å². The smallest absolute Gasteiger partial charge is 0.232 e. The number of hydrogen-bond donors (Lipinski definition) is 1. The monoisotopic (exact) mass is 303 g/mol. The summed E-state index contributed by atoms with van der Waals surface area (Å²) < 4.78 is 13.3. The third kappa shape index (κ3) is 2.50. The first-order chi connectivity index (χ1) is 10.4. The molecule has 0 atom stereocenters. The largest absolute Gasteiger partial charge is 0.361 e. The molecule has 0 spiro atoms. The molecule has 1 fully saturated rings. The molecular weight excluding hydrogens is 281 g/mol. The van der Waals surface area contributed by atoms with Crippen LogP contribution in [0.15, 0.2) is 24.4 Å². The van der Waals surface area contributed by atoms with Gasteiger partial charge in [-0.25, -0.2) is 4.39 Å². The second-order valence-electron chi connectivity index (χ2n) is 6.61. The van der Waals surface area contributed by atoms with Gasteiger partial charge in [-0.3, -0.25) is 4.79 Å². The summed E-state index contributed by atoms with van der Waals surface area (Å²) in [5, 5.41) is 0.911. The Morgan fingerprint density at radius 3 is 2.59 bits per heavy atom. The number of H-pyrrole nitrogens is 1. The molecule has 0 bridgehead atoms. The van der Waals surface area contributed by atoms with Gasteiger partial charge in [0.05, 0.1) is 5.41 Å². The molecule has 1 N–H and O–H groups in total. The Labute approximate surface area is 129 Å². The molecule has 2 heterocycles. The topological polar surface area (TPSA) is 39.3 Å². The molecule has 2 aromatic rings. The molecule has 118 valence electrons. The number of hydrogen-bond acceptors (Lipinski definition) is 2. The lowest BCUT2D eigenvalue weighted by Crippen LogP contribution is -2.52. The van der Waals surface area contributed by atoms with Crippen molar-refractivity contribution in [1.82, 2.24) is 14.8 Å². The fourth-order valence-corrected chi connectivity index (χ4v) is 3.14. The number of carbonyl (C=O) groups is 1. The maximum absolute atomic E-state index is 13.3. The number of nitrogens with zero attached hydrogens (tertiary/aromatic N) is 2. The van der Waals surface area contributed by atoms with Crippen LogP contribution in [0.5, 0.6) is 0 Å². The third-order valence-corrected chi connectivity index (χ3v) is 4.64. The van der Waals surface area contributed by atoms with E-state index in [1.807, 2.05) is 24.9 Å². The van der Waals surface area contributed by atoms with E-state index in [1.54, 1.807) is 6.07 Å². The quantitative estimate of drug-likeness (QED) is 0.925. The lowest BCUT2D eigenvalue weighted by atomic mass is 9.82. The summed E-state index contributed by atoms with van der Waals surface area (Å²) in [6, 6.07) is 4.65. The Morgan fingerprint density at radius 1 is 1.23 bits per heavy atom. The van der Waals surface area contributed by atoms with E-state index in [2.05, 4.69) is 16.9 Å². The fourth-order valence-electron chi connectivity index (χ4n) is 3.14. The highest BCUT2D eigenvalue weighted by atomic mass is 19.1. The normalized spacial score (nSPS) is 17.2.